The zero-order chi connectivity index (χ0) is 13.1. The Hall–Kier alpha value is -0.900. The molecule has 1 aromatic rings. The predicted octanol–water partition coefficient (Wildman–Crippen LogP) is 2.72. The molecule has 0 saturated heterocycles. The van der Waals surface area contributed by atoms with Crippen molar-refractivity contribution in [2.24, 2.45) is 5.92 Å². The summed E-state index contributed by atoms with van der Waals surface area (Å²) in [5.74, 6) is 2.02. The normalized spacial score (nSPS) is 14.3. The molecule has 0 aliphatic rings. The number of rotatable bonds is 5. The number of aryl methyl sites for hydroxylation is 1. The van der Waals surface area contributed by atoms with Gasteiger partial charge in [-0.15, -0.1) is 10.2 Å². The SMILES string of the molecule is Cc1nnc(C[C@H](CC(C)C)NC(C)(C)C)o1. The van der Waals surface area contributed by atoms with Gasteiger partial charge >= 0.3 is 0 Å². The highest BCUT2D eigenvalue weighted by atomic mass is 16.4. The molecule has 98 valence electrons. The molecule has 0 radical (unpaired) electrons. The minimum Gasteiger partial charge on any atom is -0.426 e. The molecule has 4 heteroatoms. The average molecular weight is 239 g/mol. The van der Waals surface area contributed by atoms with Crippen molar-refractivity contribution in [3.8, 4) is 0 Å². The molecule has 1 heterocycles. The second kappa shape index (κ2) is 5.63. The zero-order valence-corrected chi connectivity index (χ0v) is 11.9. The zero-order valence-electron chi connectivity index (χ0n) is 11.9. The van der Waals surface area contributed by atoms with Crippen LogP contribution in [0.3, 0.4) is 0 Å². The molecule has 0 aromatic carbocycles. The maximum Gasteiger partial charge on any atom is 0.218 e. The number of hydrogen-bond acceptors (Lipinski definition) is 4. The Morgan fingerprint density at radius 2 is 1.88 bits per heavy atom. The van der Waals surface area contributed by atoms with Crippen LogP contribution >= 0.6 is 0 Å². The maximum atomic E-state index is 5.45. The van der Waals surface area contributed by atoms with Crippen LogP contribution in [0, 0.1) is 12.8 Å². The molecule has 0 bridgehead atoms. The molecule has 1 rings (SSSR count). The molecule has 0 spiro atoms. The summed E-state index contributed by atoms with van der Waals surface area (Å²) >= 11 is 0. The van der Waals surface area contributed by atoms with Crippen LogP contribution in [0.15, 0.2) is 4.42 Å². The quantitative estimate of drug-likeness (QED) is 0.858. The smallest absolute Gasteiger partial charge is 0.218 e. The first-order valence-electron chi connectivity index (χ1n) is 6.33. The van der Waals surface area contributed by atoms with Crippen molar-refractivity contribution in [2.75, 3.05) is 0 Å². The lowest BCUT2D eigenvalue weighted by Crippen LogP contribution is -2.45. The highest BCUT2D eigenvalue weighted by molar-refractivity contribution is 4.88. The molecule has 0 aliphatic heterocycles. The third kappa shape index (κ3) is 5.82. The van der Waals surface area contributed by atoms with E-state index in [1.54, 1.807) is 0 Å². The number of aromatic nitrogens is 2. The Morgan fingerprint density at radius 3 is 2.29 bits per heavy atom. The van der Waals surface area contributed by atoms with Gasteiger partial charge in [0.25, 0.3) is 0 Å². The van der Waals surface area contributed by atoms with Crippen LogP contribution in [0.1, 0.15) is 52.8 Å². The summed E-state index contributed by atoms with van der Waals surface area (Å²) in [6.07, 6.45) is 1.91. The van der Waals surface area contributed by atoms with E-state index < -0.39 is 0 Å². The van der Waals surface area contributed by atoms with Gasteiger partial charge in [0.05, 0.1) is 0 Å². The standard InChI is InChI=1S/C13H25N3O/c1-9(2)7-11(14-13(4,5)6)8-12-16-15-10(3)17-12/h9,11,14H,7-8H2,1-6H3/t11-/m0/s1. The van der Waals surface area contributed by atoms with Crippen LogP contribution in [-0.2, 0) is 6.42 Å². The van der Waals surface area contributed by atoms with Gasteiger partial charge in [0.1, 0.15) is 0 Å². The lowest BCUT2D eigenvalue weighted by atomic mass is 9.97. The third-order valence-electron chi connectivity index (χ3n) is 2.38. The lowest BCUT2D eigenvalue weighted by Gasteiger charge is -2.29. The van der Waals surface area contributed by atoms with E-state index in [4.69, 9.17) is 4.42 Å². The molecule has 1 aromatic heterocycles. The molecule has 17 heavy (non-hydrogen) atoms. The van der Waals surface area contributed by atoms with Gasteiger partial charge in [-0.05, 0) is 33.1 Å². The van der Waals surface area contributed by atoms with Crippen molar-refractivity contribution in [1.29, 1.82) is 0 Å². The molecule has 0 amide bonds. The van der Waals surface area contributed by atoms with Crippen LogP contribution in [-0.4, -0.2) is 21.8 Å². The largest absolute Gasteiger partial charge is 0.426 e. The molecule has 0 unspecified atom stereocenters. The van der Waals surface area contributed by atoms with E-state index in [1.165, 1.54) is 0 Å². The van der Waals surface area contributed by atoms with Crippen LogP contribution in [0.2, 0.25) is 0 Å². The van der Waals surface area contributed by atoms with Crippen LogP contribution < -0.4 is 5.32 Å². The molecular weight excluding hydrogens is 214 g/mol. The summed E-state index contributed by atoms with van der Waals surface area (Å²) in [4.78, 5) is 0. The van der Waals surface area contributed by atoms with Crippen molar-refractivity contribution in [1.82, 2.24) is 15.5 Å². The van der Waals surface area contributed by atoms with E-state index in [9.17, 15) is 0 Å². The fourth-order valence-electron chi connectivity index (χ4n) is 2.01. The number of nitrogens with zero attached hydrogens (tertiary/aromatic N) is 2. The Balaban J connectivity index is 2.63. The molecule has 0 saturated carbocycles. The molecule has 1 atom stereocenters. The van der Waals surface area contributed by atoms with Crippen LogP contribution in [0.25, 0.3) is 0 Å². The Kier molecular flexibility index (Phi) is 4.69. The Labute approximate surface area is 104 Å². The van der Waals surface area contributed by atoms with Gasteiger partial charge in [-0.25, -0.2) is 0 Å². The third-order valence-corrected chi connectivity index (χ3v) is 2.38. The van der Waals surface area contributed by atoms with Crippen molar-refractivity contribution < 1.29 is 4.42 Å². The summed E-state index contributed by atoms with van der Waals surface area (Å²) in [7, 11) is 0. The van der Waals surface area contributed by atoms with Gasteiger partial charge in [0, 0.05) is 24.9 Å². The van der Waals surface area contributed by atoms with Gasteiger partial charge in [0.2, 0.25) is 11.8 Å². The van der Waals surface area contributed by atoms with E-state index >= 15 is 0 Å². The van der Waals surface area contributed by atoms with E-state index in [2.05, 4.69) is 50.1 Å². The second-order valence-electron chi connectivity index (χ2n) is 6.14. The van der Waals surface area contributed by atoms with E-state index in [1.807, 2.05) is 6.92 Å². The van der Waals surface area contributed by atoms with E-state index in [0.29, 0.717) is 17.9 Å². The molecule has 4 nitrogen and oxygen atoms in total. The van der Waals surface area contributed by atoms with E-state index in [-0.39, 0.29) is 5.54 Å². The fourth-order valence-corrected chi connectivity index (χ4v) is 2.01. The monoisotopic (exact) mass is 239 g/mol. The Morgan fingerprint density at radius 1 is 1.24 bits per heavy atom. The molecule has 0 fully saturated rings. The highest BCUT2D eigenvalue weighted by Crippen LogP contribution is 2.13. The van der Waals surface area contributed by atoms with Gasteiger partial charge in [-0.2, -0.15) is 0 Å². The van der Waals surface area contributed by atoms with Gasteiger partial charge in [0.15, 0.2) is 0 Å². The second-order valence-corrected chi connectivity index (χ2v) is 6.14. The summed E-state index contributed by atoms with van der Waals surface area (Å²) in [6.45, 7) is 12.8. The van der Waals surface area contributed by atoms with Crippen molar-refractivity contribution in [2.45, 2.75) is 66.0 Å². The van der Waals surface area contributed by atoms with Gasteiger partial charge in [-0.3, -0.25) is 0 Å². The lowest BCUT2D eigenvalue weighted by molar-refractivity contribution is 0.303. The minimum absolute atomic E-state index is 0.106. The molecule has 1 N–H and O–H groups in total. The molecular formula is C13H25N3O. The maximum absolute atomic E-state index is 5.45. The minimum atomic E-state index is 0.106. The number of hydrogen-bond donors (Lipinski definition) is 1. The van der Waals surface area contributed by atoms with Crippen molar-refractivity contribution in [3.63, 3.8) is 0 Å². The molecule has 0 aliphatic carbocycles. The number of nitrogens with one attached hydrogen (secondary N) is 1. The average Bonchev–Trinajstić information content (AvgIpc) is 2.46. The van der Waals surface area contributed by atoms with E-state index in [0.717, 1.165) is 18.7 Å². The first-order chi connectivity index (χ1) is 7.76. The Bertz CT molecular complexity index is 339. The summed E-state index contributed by atoms with van der Waals surface area (Å²) < 4.78 is 5.45. The van der Waals surface area contributed by atoms with Crippen molar-refractivity contribution in [3.05, 3.63) is 11.8 Å². The van der Waals surface area contributed by atoms with Crippen LogP contribution in [0.4, 0.5) is 0 Å². The highest BCUT2D eigenvalue weighted by Gasteiger charge is 2.20. The predicted molar refractivity (Wildman–Crippen MR) is 68.9 cm³/mol. The van der Waals surface area contributed by atoms with Crippen LogP contribution in [0.5, 0.6) is 0 Å². The topological polar surface area (TPSA) is 51.0 Å². The first-order valence-corrected chi connectivity index (χ1v) is 6.33. The first kappa shape index (κ1) is 14.2. The summed E-state index contributed by atoms with van der Waals surface area (Å²) in [6, 6.07) is 0.384. The van der Waals surface area contributed by atoms with Gasteiger partial charge in [-0.1, -0.05) is 13.8 Å². The summed E-state index contributed by atoms with van der Waals surface area (Å²) in [5, 5.41) is 11.6. The van der Waals surface area contributed by atoms with Crippen molar-refractivity contribution >= 4 is 0 Å². The summed E-state index contributed by atoms with van der Waals surface area (Å²) in [5.41, 5.74) is 0.106. The fraction of sp³-hybridized carbons (Fsp3) is 0.846. The van der Waals surface area contributed by atoms with Gasteiger partial charge < -0.3 is 9.73 Å².